The molecule has 0 bridgehead atoms. The molecule has 0 saturated heterocycles. The first-order valence-corrected chi connectivity index (χ1v) is 6.85. The van der Waals surface area contributed by atoms with Crippen molar-refractivity contribution in [1.29, 1.82) is 0 Å². The van der Waals surface area contributed by atoms with Crippen molar-refractivity contribution in [3.8, 4) is 0 Å². The molecule has 17 heavy (non-hydrogen) atoms. The van der Waals surface area contributed by atoms with Gasteiger partial charge in [0.1, 0.15) is 0 Å². The molecule has 0 N–H and O–H groups in total. The number of hydrogen-bond acceptors (Lipinski definition) is 1. The van der Waals surface area contributed by atoms with Gasteiger partial charge < -0.3 is 0 Å². The number of hydrogen-bond donors (Lipinski definition) is 0. The lowest BCUT2D eigenvalue weighted by molar-refractivity contribution is 0.848. The first-order valence-electron chi connectivity index (χ1n) is 5.68. The molecule has 0 aliphatic heterocycles. The minimum absolute atomic E-state index is 0.381. The lowest BCUT2D eigenvalue weighted by Crippen LogP contribution is -1.99. The van der Waals surface area contributed by atoms with Crippen molar-refractivity contribution in [1.82, 2.24) is 4.98 Å². The quantitative estimate of drug-likeness (QED) is 0.688. The fourth-order valence-electron chi connectivity index (χ4n) is 2.22. The second kappa shape index (κ2) is 4.58. The van der Waals surface area contributed by atoms with E-state index in [1.165, 1.54) is 0 Å². The molecule has 0 atom stereocenters. The highest BCUT2D eigenvalue weighted by molar-refractivity contribution is 9.10. The van der Waals surface area contributed by atoms with Crippen LogP contribution < -0.4 is 0 Å². The van der Waals surface area contributed by atoms with Crippen molar-refractivity contribution in [3.05, 3.63) is 38.4 Å². The summed E-state index contributed by atoms with van der Waals surface area (Å²) >= 11 is 10.1. The Bertz CT molecular complexity index is 591. The van der Waals surface area contributed by atoms with Gasteiger partial charge in [0.25, 0.3) is 0 Å². The summed E-state index contributed by atoms with van der Waals surface area (Å²) in [5.41, 5.74) is 4.32. The van der Waals surface area contributed by atoms with Gasteiger partial charge in [-0.2, -0.15) is 0 Å². The summed E-state index contributed by atoms with van der Waals surface area (Å²) in [4.78, 5) is 4.70. The fraction of sp³-hybridized carbons (Fsp3) is 0.357. The van der Waals surface area contributed by atoms with Crippen LogP contribution in [0.3, 0.4) is 0 Å². The molecule has 0 fully saturated rings. The molecular weight excluding hydrogens is 298 g/mol. The standard InChI is InChI=1S/C14H15BrClN/c1-7(2)11-9(4)17-14-8(3)5-6-10(15)12(14)13(11)16/h5-7H,1-4H3. The highest BCUT2D eigenvalue weighted by Crippen LogP contribution is 2.37. The van der Waals surface area contributed by atoms with Crippen molar-refractivity contribution < 1.29 is 0 Å². The van der Waals surface area contributed by atoms with E-state index >= 15 is 0 Å². The first kappa shape index (κ1) is 12.8. The molecule has 0 aliphatic rings. The SMILES string of the molecule is Cc1nc2c(C)ccc(Br)c2c(Cl)c1C(C)C. The summed E-state index contributed by atoms with van der Waals surface area (Å²) < 4.78 is 1.01. The second-order valence-corrected chi connectivity index (χ2v) is 5.90. The summed E-state index contributed by atoms with van der Waals surface area (Å²) in [6.45, 7) is 8.38. The molecule has 2 aromatic rings. The minimum Gasteiger partial charge on any atom is -0.252 e. The zero-order valence-electron chi connectivity index (χ0n) is 10.4. The summed E-state index contributed by atoms with van der Waals surface area (Å²) in [5, 5.41) is 1.86. The normalized spacial score (nSPS) is 11.5. The third kappa shape index (κ3) is 2.09. The number of fused-ring (bicyclic) bond motifs is 1. The van der Waals surface area contributed by atoms with E-state index in [0.29, 0.717) is 5.92 Å². The van der Waals surface area contributed by atoms with Crippen LogP contribution in [-0.4, -0.2) is 4.98 Å². The van der Waals surface area contributed by atoms with Gasteiger partial charge in [0.05, 0.1) is 10.5 Å². The van der Waals surface area contributed by atoms with E-state index in [2.05, 4.69) is 42.8 Å². The molecule has 90 valence electrons. The zero-order valence-corrected chi connectivity index (χ0v) is 12.8. The summed E-state index contributed by atoms with van der Waals surface area (Å²) in [7, 11) is 0. The van der Waals surface area contributed by atoms with Gasteiger partial charge in [0, 0.05) is 15.6 Å². The number of aromatic nitrogens is 1. The van der Waals surface area contributed by atoms with Gasteiger partial charge in [-0.05, 0) is 37.0 Å². The van der Waals surface area contributed by atoms with Crippen LogP contribution in [0.25, 0.3) is 10.9 Å². The Morgan fingerprint density at radius 2 is 1.88 bits per heavy atom. The van der Waals surface area contributed by atoms with Crippen LogP contribution >= 0.6 is 27.5 Å². The lowest BCUT2D eigenvalue weighted by Gasteiger charge is -2.15. The molecule has 0 saturated carbocycles. The molecule has 0 aliphatic carbocycles. The van der Waals surface area contributed by atoms with Crippen molar-refractivity contribution in [2.24, 2.45) is 0 Å². The molecule has 1 aromatic heterocycles. The monoisotopic (exact) mass is 311 g/mol. The van der Waals surface area contributed by atoms with Gasteiger partial charge >= 0.3 is 0 Å². The van der Waals surface area contributed by atoms with Crippen LogP contribution in [0.1, 0.15) is 36.6 Å². The number of benzene rings is 1. The van der Waals surface area contributed by atoms with Crippen LogP contribution in [-0.2, 0) is 0 Å². The van der Waals surface area contributed by atoms with Crippen molar-refractivity contribution in [2.75, 3.05) is 0 Å². The average Bonchev–Trinajstić information content (AvgIpc) is 2.22. The maximum atomic E-state index is 6.55. The van der Waals surface area contributed by atoms with E-state index in [1.54, 1.807) is 0 Å². The highest BCUT2D eigenvalue weighted by Gasteiger charge is 2.16. The number of pyridine rings is 1. The van der Waals surface area contributed by atoms with Gasteiger partial charge in [-0.1, -0.05) is 47.4 Å². The number of halogens is 2. The fourth-order valence-corrected chi connectivity index (χ4v) is 3.39. The summed E-state index contributed by atoms with van der Waals surface area (Å²) in [6.07, 6.45) is 0. The third-order valence-electron chi connectivity index (χ3n) is 3.03. The zero-order chi connectivity index (χ0) is 12.7. The van der Waals surface area contributed by atoms with Crippen LogP contribution in [0.2, 0.25) is 5.02 Å². The topological polar surface area (TPSA) is 12.9 Å². The Hall–Kier alpha value is -0.600. The van der Waals surface area contributed by atoms with E-state index in [0.717, 1.165) is 37.2 Å². The van der Waals surface area contributed by atoms with Crippen LogP contribution in [0.5, 0.6) is 0 Å². The Morgan fingerprint density at radius 1 is 1.24 bits per heavy atom. The van der Waals surface area contributed by atoms with Gasteiger partial charge in [0.2, 0.25) is 0 Å². The van der Waals surface area contributed by atoms with Crippen LogP contribution in [0.4, 0.5) is 0 Å². The molecule has 0 unspecified atom stereocenters. The second-order valence-electron chi connectivity index (χ2n) is 4.67. The Balaban J connectivity index is 2.97. The van der Waals surface area contributed by atoms with Gasteiger partial charge in [-0.3, -0.25) is 4.98 Å². The largest absolute Gasteiger partial charge is 0.252 e. The van der Waals surface area contributed by atoms with Crippen LogP contribution in [0.15, 0.2) is 16.6 Å². The Morgan fingerprint density at radius 3 is 2.47 bits per heavy atom. The van der Waals surface area contributed by atoms with Crippen molar-refractivity contribution in [2.45, 2.75) is 33.6 Å². The summed E-state index contributed by atoms with van der Waals surface area (Å²) in [5.74, 6) is 0.381. The van der Waals surface area contributed by atoms with Crippen molar-refractivity contribution in [3.63, 3.8) is 0 Å². The lowest BCUT2D eigenvalue weighted by atomic mass is 9.98. The smallest absolute Gasteiger partial charge is 0.0760 e. The Labute approximate surface area is 115 Å². The molecule has 1 aromatic carbocycles. The summed E-state index contributed by atoms with van der Waals surface area (Å²) in [6, 6.07) is 4.09. The number of nitrogens with zero attached hydrogens (tertiary/aromatic N) is 1. The van der Waals surface area contributed by atoms with E-state index < -0.39 is 0 Å². The van der Waals surface area contributed by atoms with E-state index in [9.17, 15) is 0 Å². The maximum Gasteiger partial charge on any atom is 0.0760 e. The molecule has 0 amide bonds. The van der Waals surface area contributed by atoms with E-state index in [-0.39, 0.29) is 0 Å². The number of rotatable bonds is 1. The molecular formula is C14H15BrClN. The number of aryl methyl sites for hydroxylation is 2. The van der Waals surface area contributed by atoms with E-state index in [4.69, 9.17) is 16.6 Å². The van der Waals surface area contributed by atoms with E-state index in [1.807, 2.05) is 13.0 Å². The third-order valence-corrected chi connectivity index (χ3v) is 4.08. The first-order chi connectivity index (χ1) is 7.93. The predicted molar refractivity (Wildman–Crippen MR) is 78.0 cm³/mol. The van der Waals surface area contributed by atoms with Crippen molar-refractivity contribution >= 4 is 38.4 Å². The predicted octanol–water partition coefficient (Wildman–Crippen LogP) is 5.39. The molecule has 1 heterocycles. The molecule has 3 heteroatoms. The minimum atomic E-state index is 0.381. The molecule has 2 rings (SSSR count). The average molecular weight is 313 g/mol. The maximum absolute atomic E-state index is 6.55. The molecule has 0 radical (unpaired) electrons. The Kier molecular flexibility index (Phi) is 3.46. The van der Waals surface area contributed by atoms with Crippen LogP contribution in [0, 0.1) is 13.8 Å². The van der Waals surface area contributed by atoms with Gasteiger partial charge in [-0.25, -0.2) is 0 Å². The highest BCUT2D eigenvalue weighted by atomic mass is 79.9. The molecule has 0 spiro atoms. The van der Waals surface area contributed by atoms with Gasteiger partial charge in [0.15, 0.2) is 0 Å². The van der Waals surface area contributed by atoms with Gasteiger partial charge in [-0.15, -0.1) is 0 Å². The molecule has 1 nitrogen and oxygen atoms in total.